The van der Waals surface area contributed by atoms with Gasteiger partial charge in [-0.25, -0.2) is 8.42 Å². The largest absolute Gasteiger partial charge is 0.352 e. The lowest BCUT2D eigenvalue weighted by atomic mass is 9.93. The van der Waals surface area contributed by atoms with Crippen LogP contribution in [0.1, 0.15) is 30.9 Å². The lowest BCUT2D eigenvalue weighted by molar-refractivity contribution is -0.127. The van der Waals surface area contributed by atoms with E-state index >= 15 is 0 Å². The number of fused-ring (bicyclic) bond motifs is 1. The lowest BCUT2D eigenvalue weighted by Crippen LogP contribution is -2.53. The highest BCUT2D eigenvalue weighted by Gasteiger charge is 2.32. The van der Waals surface area contributed by atoms with E-state index in [1.807, 2.05) is 12.1 Å². The summed E-state index contributed by atoms with van der Waals surface area (Å²) < 4.78 is 23.0. The maximum absolute atomic E-state index is 12.7. The number of hydrogen-bond acceptors (Lipinski definition) is 4. The number of likely N-dealkylation sites (N-methyl/N-ethyl adjacent to an activating group) is 1. The number of amides is 1. The van der Waals surface area contributed by atoms with Gasteiger partial charge in [-0.2, -0.15) is 0 Å². The lowest BCUT2D eigenvalue weighted by Gasteiger charge is -2.36. The van der Waals surface area contributed by atoms with Crippen LogP contribution in [0.25, 0.3) is 0 Å². The summed E-state index contributed by atoms with van der Waals surface area (Å²) in [6, 6.07) is 8.10. The smallest absolute Gasteiger partial charge is 0.237 e. The first-order valence-electron chi connectivity index (χ1n) is 8.30. The Bertz CT molecular complexity index is 673. The molecule has 1 atom stereocenters. The van der Waals surface area contributed by atoms with Crippen molar-refractivity contribution in [3.63, 3.8) is 0 Å². The van der Waals surface area contributed by atoms with Crippen molar-refractivity contribution in [2.75, 3.05) is 18.1 Å². The predicted molar refractivity (Wildman–Crippen MR) is 89.8 cm³/mol. The molecule has 0 aliphatic carbocycles. The summed E-state index contributed by atoms with van der Waals surface area (Å²) in [5, 5.41) is 3.08. The van der Waals surface area contributed by atoms with E-state index in [-0.39, 0.29) is 29.5 Å². The number of rotatable bonds is 3. The zero-order valence-electron chi connectivity index (χ0n) is 13.5. The molecule has 1 N–H and O–H groups in total. The fourth-order valence-electron chi connectivity index (χ4n) is 3.50. The van der Waals surface area contributed by atoms with Crippen molar-refractivity contribution in [1.82, 2.24) is 10.2 Å². The predicted octanol–water partition coefficient (Wildman–Crippen LogP) is 1.13. The first-order valence-corrected chi connectivity index (χ1v) is 10.1. The minimum absolute atomic E-state index is 0.0121. The molecular formula is C17H24N2O3S. The second kappa shape index (κ2) is 6.61. The zero-order chi connectivity index (χ0) is 16.4. The first kappa shape index (κ1) is 16.5. The molecule has 1 saturated heterocycles. The average Bonchev–Trinajstić information content (AvgIpc) is 2.55. The summed E-state index contributed by atoms with van der Waals surface area (Å²) in [6.45, 7) is 3.69. The Hall–Kier alpha value is -1.40. The molecule has 6 heteroatoms. The zero-order valence-corrected chi connectivity index (χ0v) is 14.3. The van der Waals surface area contributed by atoms with Crippen molar-refractivity contribution in [3.05, 3.63) is 35.4 Å². The number of nitrogens with zero attached hydrogens (tertiary/aromatic N) is 1. The molecule has 1 fully saturated rings. The fourth-order valence-corrected chi connectivity index (χ4v) is 4.99. The Labute approximate surface area is 138 Å². The Balaban J connectivity index is 1.67. The van der Waals surface area contributed by atoms with E-state index in [4.69, 9.17) is 0 Å². The molecule has 0 spiro atoms. The maximum atomic E-state index is 12.7. The minimum Gasteiger partial charge on any atom is -0.352 e. The third-order valence-corrected chi connectivity index (χ3v) is 6.67. The summed E-state index contributed by atoms with van der Waals surface area (Å²) >= 11 is 0. The molecule has 126 valence electrons. The van der Waals surface area contributed by atoms with Gasteiger partial charge in [0.15, 0.2) is 0 Å². The van der Waals surface area contributed by atoms with Gasteiger partial charge in [-0.1, -0.05) is 31.2 Å². The summed E-state index contributed by atoms with van der Waals surface area (Å²) in [5.74, 6) is 0.400. The van der Waals surface area contributed by atoms with Gasteiger partial charge in [0.2, 0.25) is 5.91 Å². The van der Waals surface area contributed by atoms with Gasteiger partial charge in [0.1, 0.15) is 9.84 Å². The van der Waals surface area contributed by atoms with Crippen molar-refractivity contribution in [2.45, 2.75) is 44.8 Å². The SMILES string of the molecule is CCN1Cc2ccccc2CC1C(=O)NC1CCS(=O)(=O)CC1. The van der Waals surface area contributed by atoms with Crippen LogP contribution >= 0.6 is 0 Å². The summed E-state index contributed by atoms with van der Waals surface area (Å²) in [5.41, 5.74) is 2.53. The van der Waals surface area contributed by atoms with Crippen molar-refractivity contribution in [1.29, 1.82) is 0 Å². The number of benzene rings is 1. The Morgan fingerprint density at radius 1 is 1.22 bits per heavy atom. The van der Waals surface area contributed by atoms with Gasteiger partial charge in [-0.3, -0.25) is 9.69 Å². The van der Waals surface area contributed by atoms with E-state index in [1.54, 1.807) is 0 Å². The third kappa shape index (κ3) is 3.75. The average molecular weight is 336 g/mol. The molecule has 1 amide bonds. The highest BCUT2D eigenvalue weighted by Crippen LogP contribution is 2.23. The molecule has 1 aromatic carbocycles. The van der Waals surface area contributed by atoms with Gasteiger partial charge in [0, 0.05) is 12.6 Å². The molecule has 23 heavy (non-hydrogen) atoms. The van der Waals surface area contributed by atoms with Gasteiger partial charge in [-0.15, -0.1) is 0 Å². The molecular weight excluding hydrogens is 312 g/mol. The first-order chi connectivity index (χ1) is 11.0. The quantitative estimate of drug-likeness (QED) is 0.898. The van der Waals surface area contributed by atoms with Gasteiger partial charge in [0.25, 0.3) is 0 Å². The van der Waals surface area contributed by atoms with Crippen LogP contribution in [-0.2, 0) is 27.6 Å². The van der Waals surface area contributed by atoms with E-state index in [0.29, 0.717) is 12.8 Å². The molecule has 5 nitrogen and oxygen atoms in total. The van der Waals surface area contributed by atoms with Crippen LogP contribution < -0.4 is 5.32 Å². The van der Waals surface area contributed by atoms with Gasteiger partial charge in [0.05, 0.1) is 17.5 Å². The molecule has 0 saturated carbocycles. The van der Waals surface area contributed by atoms with Crippen LogP contribution in [0.2, 0.25) is 0 Å². The molecule has 1 aromatic rings. The van der Waals surface area contributed by atoms with Crippen molar-refractivity contribution >= 4 is 15.7 Å². The van der Waals surface area contributed by atoms with Crippen molar-refractivity contribution in [2.24, 2.45) is 0 Å². The second-order valence-electron chi connectivity index (χ2n) is 6.49. The molecule has 3 rings (SSSR count). The summed E-state index contributed by atoms with van der Waals surface area (Å²) in [7, 11) is -2.89. The van der Waals surface area contributed by atoms with Crippen LogP contribution in [0.5, 0.6) is 0 Å². The minimum atomic E-state index is -2.89. The highest BCUT2D eigenvalue weighted by atomic mass is 32.2. The molecule has 2 aliphatic heterocycles. The van der Waals surface area contributed by atoms with Crippen LogP contribution in [-0.4, -0.2) is 49.4 Å². The van der Waals surface area contributed by atoms with Crippen LogP contribution in [0, 0.1) is 0 Å². The molecule has 0 aromatic heterocycles. The van der Waals surface area contributed by atoms with E-state index in [9.17, 15) is 13.2 Å². The van der Waals surface area contributed by atoms with E-state index in [2.05, 4.69) is 29.3 Å². The van der Waals surface area contributed by atoms with Crippen molar-refractivity contribution in [3.8, 4) is 0 Å². The molecule has 0 radical (unpaired) electrons. The van der Waals surface area contributed by atoms with Gasteiger partial charge >= 0.3 is 0 Å². The molecule has 2 heterocycles. The summed E-state index contributed by atoms with van der Waals surface area (Å²) in [4.78, 5) is 14.9. The van der Waals surface area contributed by atoms with Crippen LogP contribution in [0.15, 0.2) is 24.3 Å². The van der Waals surface area contributed by atoms with E-state index in [0.717, 1.165) is 19.5 Å². The Kier molecular flexibility index (Phi) is 4.73. The topological polar surface area (TPSA) is 66.5 Å². The standard InChI is InChI=1S/C17H24N2O3S/c1-2-19-12-14-6-4-3-5-13(14)11-16(19)17(20)18-15-7-9-23(21,22)10-8-15/h3-6,15-16H,2,7-12H2,1H3,(H,18,20). The summed E-state index contributed by atoms with van der Waals surface area (Å²) in [6.07, 6.45) is 1.79. The number of carbonyl (C=O) groups excluding carboxylic acids is 1. The molecule has 1 unspecified atom stereocenters. The monoisotopic (exact) mass is 336 g/mol. The Morgan fingerprint density at radius 2 is 1.87 bits per heavy atom. The number of nitrogens with one attached hydrogen (secondary N) is 1. The Morgan fingerprint density at radius 3 is 2.52 bits per heavy atom. The van der Waals surface area contributed by atoms with Gasteiger partial charge < -0.3 is 5.32 Å². The van der Waals surface area contributed by atoms with E-state index < -0.39 is 9.84 Å². The van der Waals surface area contributed by atoms with E-state index in [1.165, 1.54) is 11.1 Å². The van der Waals surface area contributed by atoms with Crippen LogP contribution in [0.3, 0.4) is 0 Å². The highest BCUT2D eigenvalue weighted by molar-refractivity contribution is 7.91. The number of carbonyl (C=O) groups is 1. The number of sulfone groups is 1. The molecule has 0 bridgehead atoms. The van der Waals surface area contributed by atoms with Crippen LogP contribution in [0.4, 0.5) is 0 Å². The van der Waals surface area contributed by atoms with Crippen molar-refractivity contribution < 1.29 is 13.2 Å². The molecule has 2 aliphatic rings. The second-order valence-corrected chi connectivity index (χ2v) is 8.79. The fraction of sp³-hybridized carbons (Fsp3) is 0.588. The number of hydrogen-bond donors (Lipinski definition) is 1. The third-order valence-electron chi connectivity index (χ3n) is 4.96. The van der Waals surface area contributed by atoms with Gasteiger partial charge in [-0.05, 0) is 36.9 Å². The maximum Gasteiger partial charge on any atom is 0.237 e. The normalized spacial score (nSPS) is 24.8.